The Bertz CT molecular complexity index is 2650. The number of furan rings is 1. The standard InChI is InChI=1S/C46H30N2O/c1-3-11-31(12-4-1)32-21-23-35(24-22-32)47(36-26-28-45-41(29-36)39-17-7-8-20-44(39)49-45)37-25-27-38-40-18-9-13-33-14-10-19-42(46(33)40)48(43(38)30-37)34-15-5-2-6-16-34/h1-30H. The van der Waals surface area contributed by atoms with Crippen molar-refractivity contribution in [1.29, 1.82) is 0 Å². The van der Waals surface area contributed by atoms with Crippen molar-refractivity contribution in [2.45, 2.75) is 0 Å². The van der Waals surface area contributed by atoms with E-state index >= 15 is 0 Å². The molecule has 0 bridgehead atoms. The smallest absolute Gasteiger partial charge is 0.135 e. The van der Waals surface area contributed by atoms with Crippen LogP contribution in [0.4, 0.5) is 34.1 Å². The first-order chi connectivity index (χ1) is 24.3. The van der Waals surface area contributed by atoms with E-state index in [1.807, 2.05) is 12.1 Å². The van der Waals surface area contributed by atoms with Crippen molar-refractivity contribution < 1.29 is 4.42 Å². The zero-order valence-corrected chi connectivity index (χ0v) is 26.6. The van der Waals surface area contributed by atoms with E-state index in [0.29, 0.717) is 0 Å². The van der Waals surface area contributed by atoms with Crippen molar-refractivity contribution in [3.63, 3.8) is 0 Å². The maximum atomic E-state index is 6.24. The molecule has 3 heteroatoms. The molecule has 0 atom stereocenters. The predicted octanol–water partition coefficient (Wildman–Crippen LogP) is 13.3. The summed E-state index contributed by atoms with van der Waals surface area (Å²) in [6.45, 7) is 0. The van der Waals surface area contributed by atoms with Gasteiger partial charge in [-0.25, -0.2) is 0 Å². The van der Waals surface area contributed by atoms with Gasteiger partial charge in [0.2, 0.25) is 0 Å². The summed E-state index contributed by atoms with van der Waals surface area (Å²) in [5.74, 6) is 0. The van der Waals surface area contributed by atoms with Crippen LogP contribution < -0.4 is 9.80 Å². The molecule has 0 fully saturated rings. The maximum Gasteiger partial charge on any atom is 0.135 e. The van der Waals surface area contributed by atoms with E-state index in [-0.39, 0.29) is 0 Å². The molecule has 0 saturated carbocycles. The van der Waals surface area contributed by atoms with Gasteiger partial charge < -0.3 is 14.2 Å². The molecular formula is C46H30N2O. The molecule has 0 saturated heterocycles. The molecule has 0 radical (unpaired) electrons. The Morgan fingerprint density at radius 2 is 1.06 bits per heavy atom. The lowest BCUT2D eigenvalue weighted by Crippen LogP contribution is -2.16. The quantitative estimate of drug-likeness (QED) is 0.189. The first-order valence-corrected chi connectivity index (χ1v) is 16.7. The zero-order chi connectivity index (χ0) is 32.3. The van der Waals surface area contributed by atoms with Crippen LogP contribution in [0.25, 0.3) is 55.0 Å². The molecule has 9 aromatic rings. The van der Waals surface area contributed by atoms with E-state index in [2.05, 4.69) is 180 Å². The third kappa shape index (κ3) is 4.44. The molecule has 2 heterocycles. The number of rotatable bonds is 5. The molecule has 0 aliphatic carbocycles. The van der Waals surface area contributed by atoms with E-state index in [9.17, 15) is 0 Å². The molecule has 0 spiro atoms. The maximum absolute atomic E-state index is 6.24. The van der Waals surface area contributed by atoms with Crippen LogP contribution in [0.2, 0.25) is 0 Å². The third-order valence-electron chi connectivity index (χ3n) is 9.76. The van der Waals surface area contributed by atoms with Gasteiger partial charge >= 0.3 is 0 Å². The third-order valence-corrected chi connectivity index (χ3v) is 9.76. The highest BCUT2D eigenvalue weighted by atomic mass is 16.3. The Labute approximate surface area is 284 Å². The van der Waals surface area contributed by atoms with E-state index < -0.39 is 0 Å². The molecule has 0 unspecified atom stereocenters. The molecule has 10 rings (SSSR count). The zero-order valence-electron chi connectivity index (χ0n) is 26.6. The van der Waals surface area contributed by atoms with Crippen LogP contribution >= 0.6 is 0 Å². The minimum Gasteiger partial charge on any atom is -0.456 e. The fourth-order valence-corrected chi connectivity index (χ4v) is 7.52. The molecule has 0 N–H and O–H groups in total. The van der Waals surface area contributed by atoms with Crippen molar-refractivity contribution in [2.24, 2.45) is 0 Å². The molecule has 230 valence electrons. The summed E-state index contributed by atoms with van der Waals surface area (Å²) in [4.78, 5) is 4.78. The summed E-state index contributed by atoms with van der Waals surface area (Å²) in [6, 6.07) is 65.1. The Morgan fingerprint density at radius 3 is 1.90 bits per heavy atom. The van der Waals surface area contributed by atoms with Crippen LogP contribution in [-0.4, -0.2) is 0 Å². The summed E-state index contributed by atoms with van der Waals surface area (Å²) < 4.78 is 6.24. The van der Waals surface area contributed by atoms with Crippen molar-refractivity contribution >= 4 is 66.8 Å². The number of nitrogens with zero attached hydrogens (tertiary/aromatic N) is 2. The first-order valence-electron chi connectivity index (χ1n) is 16.7. The Kier molecular flexibility index (Phi) is 6.18. The second kappa shape index (κ2) is 11.0. The van der Waals surface area contributed by atoms with E-state index in [1.54, 1.807) is 0 Å². The summed E-state index contributed by atoms with van der Waals surface area (Å²) >= 11 is 0. The van der Waals surface area contributed by atoms with E-state index in [1.165, 1.54) is 38.7 Å². The average Bonchev–Trinajstić information content (AvgIpc) is 3.54. The second-order valence-corrected chi connectivity index (χ2v) is 12.6. The summed E-state index contributed by atoms with van der Waals surface area (Å²) in [5, 5.41) is 4.73. The highest BCUT2D eigenvalue weighted by molar-refractivity contribution is 6.14. The van der Waals surface area contributed by atoms with Gasteiger partial charge in [0.25, 0.3) is 0 Å². The molecule has 49 heavy (non-hydrogen) atoms. The van der Waals surface area contributed by atoms with Gasteiger partial charge in [-0.05, 0) is 88.8 Å². The monoisotopic (exact) mass is 626 g/mol. The number of anilines is 6. The number of benzene rings is 8. The van der Waals surface area contributed by atoms with Crippen LogP contribution in [-0.2, 0) is 0 Å². The SMILES string of the molecule is c1ccc(-c2ccc(N(c3ccc4c(c3)N(c3ccccc3)c3cccc5cccc-4c35)c3ccc4oc5ccccc5c4c3)cc2)cc1. The van der Waals surface area contributed by atoms with Crippen molar-refractivity contribution in [3.05, 3.63) is 182 Å². The summed E-state index contributed by atoms with van der Waals surface area (Å²) in [6.07, 6.45) is 0. The van der Waals surface area contributed by atoms with Crippen molar-refractivity contribution in [3.8, 4) is 22.3 Å². The fraction of sp³-hybridized carbons (Fsp3) is 0. The van der Waals surface area contributed by atoms with Gasteiger partial charge in [0.15, 0.2) is 0 Å². The molecule has 1 aromatic heterocycles. The molecule has 1 aliphatic rings. The van der Waals surface area contributed by atoms with Crippen LogP contribution in [0.3, 0.4) is 0 Å². The normalized spacial score (nSPS) is 12.0. The van der Waals surface area contributed by atoms with E-state index in [0.717, 1.165) is 50.4 Å². The van der Waals surface area contributed by atoms with Gasteiger partial charge in [-0.2, -0.15) is 0 Å². The van der Waals surface area contributed by atoms with Gasteiger partial charge in [-0.3, -0.25) is 0 Å². The molecule has 3 nitrogen and oxygen atoms in total. The van der Waals surface area contributed by atoms with Crippen molar-refractivity contribution in [1.82, 2.24) is 0 Å². The van der Waals surface area contributed by atoms with Crippen LogP contribution in [0.1, 0.15) is 0 Å². The average molecular weight is 627 g/mol. The highest BCUT2D eigenvalue weighted by Gasteiger charge is 2.27. The lowest BCUT2D eigenvalue weighted by Gasteiger charge is -2.35. The second-order valence-electron chi connectivity index (χ2n) is 12.6. The minimum atomic E-state index is 0.884. The lowest BCUT2D eigenvalue weighted by molar-refractivity contribution is 0.669. The number of hydrogen-bond acceptors (Lipinski definition) is 3. The van der Waals surface area contributed by atoms with Gasteiger partial charge in [0.1, 0.15) is 11.2 Å². The lowest BCUT2D eigenvalue weighted by atomic mass is 9.90. The topological polar surface area (TPSA) is 19.6 Å². The predicted molar refractivity (Wildman–Crippen MR) is 205 cm³/mol. The van der Waals surface area contributed by atoms with E-state index in [4.69, 9.17) is 4.42 Å². The molecule has 0 amide bonds. The minimum absolute atomic E-state index is 0.884. The molecule has 1 aliphatic heterocycles. The Balaban J connectivity index is 1.20. The number of hydrogen-bond donors (Lipinski definition) is 0. The first kappa shape index (κ1) is 27.5. The van der Waals surface area contributed by atoms with Crippen molar-refractivity contribution in [2.75, 3.05) is 9.80 Å². The summed E-state index contributed by atoms with van der Waals surface area (Å²) in [7, 11) is 0. The molecular weight excluding hydrogens is 597 g/mol. The Hall–Kier alpha value is -6.58. The van der Waals surface area contributed by atoms with Crippen LogP contribution in [0.5, 0.6) is 0 Å². The number of fused-ring (bicyclic) bond motifs is 5. The van der Waals surface area contributed by atoms with Gasteiger partial charge in [-0.15, -0.1) is 0 Å². The van der Waals surface area contributed by atoms with Gasteiger partial charge in [0.05, 0.1) is 11.4 Å². The van der Waals surface area contributed by atoms with Crippen LogP contribution in [0.15, 0.2) is 186 Å². The van der Waals surface area contributed by atoms with Gasteiger partial charge in [-0.1, -0.05) is 115 Å². The largest absolute Gasteiger partial charge is 0.456 e. The fourth-order valence-electron chi connectivity index (χ4n) is 7.52. The highest BCUT2D eigenvalue weighted by Crippen LogP contribution is 2.52. The van der Waals surface area contributed by atoms with Crippen LogP contribution in [0, 0.1) is 0 Å². The Morgan fingerprint density at radius 1 is 0.408 bits per heavy atom. The number of para-hydroxylation sites is 2. The summed E-state index contributed by atoms with van der Waals surface area (Å²) in [5.41, 5.74) is 13.3. The van der Waals surface area contributed by atoms with Gasteiger partial charge in [0, 0.05) is 44.5 Å². The molecule has 8 aromatic carbocycles.